The molecule has 4 nitrogen and oxygen atoms in total. The summed E-state index contributed by atoms with van der Waals surface area (Å²) < 4.78 is 45.2. The molecule has 30 heavy (non-hydrogen) atoms. The Morgan fingerprint density at radius 1 is 1.07 bits per heavy atom. The summed E-state index contributed by atoms with van der Waals surface area (Å²) in [4.78, 5) is 12.5. The summed E-state index contributed by atoms with van der Waals surface area (Å²) in [6.45, 7) is 3.74. The van der Waals surface area contributed by atoms with Crippen molar-refractivity contribution in [1.82, 2.24) is 0 Å². The standard InChI is InChI=1S/C23H17F3N2O2/c1-14-6-5-9-20(15(14)2)28-22(29)16(13-27)12-17-10-11-21(30-17)18-7-3-4-8-19(18)23(24,25)26/h3-12H,1-2H3,(H,28,29)/b16-12+. The molecule has 7 heteroatoms. The molecule has 1 amide bonds. The van der Waals surface area contributed by atoms with Crippen LogP contribution in [0.1, 0.15) is 22.5 Å². The van der Waals surface area contributed by atoms with E-state index in [0.717, 1.165) is 17.2 Å². The number of nitrogens with zero attached hydrogens (tertiary/aromatic N) is 1. The van der Waals surface area contributed by atoms with Crippen LogP contribution in [0.15, 0.2) is 64.6 Å². The number of hydrogen-bond donors (Lipinski definition) is 1. The number of carbonyl (C=O) groups excluding carboxylic acids is 1. The predicted molar refractivity (Wildman–Crippen MR) is 107 cm³/mol. The summed E-state index contributed by atoms with van der Waals surface area (Å²) in [7, 11) is 0. The smallest absolute Gasteiger partial charge is 0.417 e. The van der Waals surface area contributed by atoms with Crippen LogP contribution in [0.25, 0.3) is 17.4 Å². The third-order valence-corrected chi connectivity index (χ3v) is 4.63. The first-order valence-electron chi connectivity index (χ1n) is 8.96. The van der Waals surface area contributed by atoms with Gasteiger partial charge in [-0.25, -0.2) is 0 Å². The highest BCUT2D eigenvalue weighted by atomic mass is 19.4. The summed E-state index contributed by atoms with van der Waals surface area (Å²) in [5.74, 6) is -0.559. The summed E-state index contributed by atoms with van der Waals surface area (Å²) in [6.07, 6.45) is -3.34. The first-order valence-corrected chi connectivity index (χ1v) is 8.96. The van der Waals surface area contributed by atoms with Crippen molar-refractivity contribution < 1.29 is 22.4 Å². The monoisotopic (exact) mass is 410 g/mol. The molecule has 3 rings (SSSR count). The van der Waals surface area contributed by atoms with Crippen molar-refractivity contribution in [2.75, 3.05) is 5.32 Å². The average Bonchev–Trinajstić information content (AvgIpc) is 3.17. The van der Waals surface area contributed by atoms with E-state index in [1.807, 2.05) is 19.9 Å². The van der Waals surface area contributed by atoms with Gasteiger partial charge in [-0.3, -0.25) is 4.79 Å². The number of rotatable bonds is 4. The Bertz CT molecular complexity index is 1170. The summed E-state index contributed by atoms with van der Waals surface area (Å²) in [5, 5.41) is 12.0. The number of benzene rings is 2. The van der Waals surface area contributed by atoms with Crippen molar-refractivity contribution in [3.8, 4) is 17.4 Å². The van der Waals surface area contributed by atoms with Gasteiger partial charge in [-0.1, -0.05) is 30.3 Å². The Morgan fingerprint density at radius 3 is 2.50 bits per heavy atom. The van der Waals surface area contributed by atoms with E-state index in [0.29, 0.717) is 5.69 Å². The summed E-state index contributed by atoms with van der Waals surface area (Å²) in [6, 6.07) is 15.0. The third-order valence-electron chi connectivity index (χ3n) is 4.63. The number of halogens is 3. The van der Waals surface area contributed by atoms with E-state index in [2.05, 4.69) is 5.32 Å². The highest BCUT2D eigenvalue weighted by Crippen LogP contribution is 2.37. The van der Waals surface area contributed by atoms with E-state index >= 15 is 0 Å². The first kappa shape index (κ1) is 20.9. The fraction of sp³-hybridized carbons (Fsp3) is 0.130. The largest absolute Gasteiger partial charge is 0.457 e. The van der Waals surface area contributed by atoms with Crippen LogP contribution < -0.4 is 5.32 Å². The second kappa shape index (κ2) is 8.29. The van der Waals surface area contributed by atoms with Crippen molar-refractivity contribution in [3.63, 3.8) is 0 Å². The quantitative estimate of drug-likeness (QED) is 0.416. The minimum Gasteiger partial charge on any atom is -0.457 e. The molecular weight excluding hydrogens is 393 g/mol. The average molecular weight is 410 g/mol. The topological polar surface area (TPSA) is 66.0 Å². The van der Waals surface area contributed by atoms with Crippen LogP contribution >= 0.6 is 0 Å². The molecule has 0 aliphatic heterocycles. The van der Waals surface area contributed by atoms with E-state index in [1.54, 1.807) is 18.2 Å². The van der Waals surface area contributed by atoms with E-state index in [9.17, 15) is 23.2 Å². The summed E-state index contributed by atoms with van der Waals surface area (Å²) in [5.41, 5.74) is 1.23. The normalized spacial score (nSPS) is 11.8. The number of alkyl halides is 3. The van der Waals surface area contributed by atoms with Gasteiger partial charge in [0.1, 0.15) is 23.2 Å². The number of furan rings is 1. The van der Waals surface area contributed by atoms with Crippen molar-refractivity contribution in [2.45, 2.75) is 20.0 Å². The van der Waals surface area contributed by atoms with Crippen LogP contribution in [-0.4, -0.2) is 5.91 Å². The molecule has 0 unspecified atom stereocenters. The fourth-order valence-corrected chi connectivity index (χ4v) is 2.89. The van der Waals surface area contributed by atoms with Gasteiger partial charge in [0.15, 0.2) is 0 Å². The zero-order valence-corrected chi connectivity index (χ0v) is 16.2. The minimum absolute atomic E-state index is 0.0126. The van der Waals surface area contributed by atoms with Gasteiger partial charge in [-0.15, -0.1) is 0 Å². The van der Waals surface area contributed by atoms with Crippen molar-refractivity contribution >= 4 is 17.7 Å². The number of amides is 1. The highest BCUT2D eigenvalue weighted by Gasteiger charge is 2.34. The second-order valence-electron chi connectivity index (χ2n) is 6.62. The number of anilines is 1. The van der Waals surface area contributed by atoms with E-state index in [4.69, 9.17) is 4.42 Å². The van der Waals surface area contributed by atoms with Gasteiger partial charge in [0.25, 0.3) is 5.91 Å². The first-order chi connectivity index (χ1) is 14.2. The molecule has 2 aromatic carbocycles. The van der Waals surface area contributed by atoms with Crippen LogP contribution in [0, 0.1) is 25.2 Å². The molecule has 1 N–H and O–H groups in total. The molecule has 0 saturated carbocycles. The SMILES string of the molecule is Cc1cccc(NC(=O)/C(C#N)=C/c2ccc(-c3ccccc3C(F)(F)F)o2)c1C. The zero-order chi connectivity index (χ0) is 21.9. The molecule has 0 bridgehead atoms. The Balaban J connectivity index is 1.89. The lowest BCUT2D eigenvalue weighted by Gasteiger charge is -2.10. The Labute approximate surface area is 171 Å². The van der Waals surface area contributed by atoms with Crippen molar-refractivity contribution in [2.24, 2.45) is 0 Å². The highest BCUT2D eigenvalue weighted by molar-refractivity contribution is 6.09. The zero-order valence-electron chi connectivity index (χ0n) is 16.2. The van der Waals surface area contributed by atoms with Gasteiger partial charge in [0.2, 0.25) is 0 Å². The molecule has 1 aromatic heterocycles. The molecule has 1 heterocycles. The second-order valence-corrected chi connectivity index (χ2v) is 6.62. The van der Waals surface area contributed by atoms with Gasteiger partial charge >= 0.3 is 6.18 Å². The Hall–Kier alpha value is -3.79. The number of carbonyl (C=O) groups is 1. The molecule has 0 aliphatic carbocycles. The molecule has 0 radical (unpaired) electrons. The molecule has 0 fully saturated rings. The van der Waals surface area contributed by atoms with Gasteiger partial charge in [-0.2, -0.15) is 18.4 Å². The Kier molecular flexibility index (Phi) is 5.79. The Morgan fingerprint density at radius 2 is 1.80 bits per heavy atom. The number of nitriles is 1. The minimum atomic E-state index is -4.54. The molecule has 0 saturated heterocycles. The molecule has 3 aromatic rings. The van der Waals surface area contributed by atoms with Crippen molar-refractivity contribution in [3.05, 3.63) is 82.6 Å². The molecule has 0 atom stereocenters. The molecule has 152 valence electrons. The van der Waals surface area contributed by atoms with Gasteiger partial charge < -0.3 is 9.73 Å². The fourth-order valence-electron chi connectivity index (χ4n) is 2.89. The van der Waals surface area contributed by atoms with Gasteiger partial charge in [0.05, 0.1) is 5.56 Å². The van der Waals surface area contributed by atoms with Crippen LogP contribution in [0.3, 0.4) is 0 Å². The van der Waals surface area contributed by atoms with Gasteiger partial charge in [0, 0.05) is 17.3 Å². The lowest BCUT2D eigenvalue weighted by molar-refractivity contribution is -0.137. The van der Waals surface area contributed by atoms with Crippen LogP contribution in [0.2, 0.25) is 0 Å². The predicted octanol–water partition coefficient (Wildman–Crippen LogP) is 6.13. The molecule has 0 spiro atoms. The summed E-state index contributed by atoms with van der Waals surface area (Å²) >= 11 is 0. The van der Waals surface area contributed by atoms with E-state index < -0.39 is 17.6 Å². The van der Waals surface area contributed by atoms with Crippen LogP contribution in [0.4, 0.5) is 18.9 Å². The van der Waals surface area contributed by atoms with E-state index in [-0.39, 0.29) is 22.7 Å². The lowest BCUT2D eigenvalue weighted by atomic mass is 10.1. The van der Waals surface area contributed by atoms with Gasteiger partial charge in [-0.05, 0) is 49.2 Å². The molecular formula is C23H17F3N2O2. The maximum Gasteiger partial charge on any atom is 0.417 e. The lowest BCUT2D eigenvalue weighted by Crippen LogP contribution is -2.14. The van der Waals surface area contributed by atoms with Crippen LogP contribution in [0.5, 0.6) is 0 Å². The number of aryl methyl sites for hydroxylation is 1. The van der Waals surface area contributed by atoms with Crippen LogP contribution in [-0.2, 0) is 11.0 Å². The van der Waals surface area contributed by atoms with Crippen molar-refractivity contribution in [1.29, 1.82) is 5.26 Å². The maximum atomic E-state index is 13.2. The number of nitrogens with one attached hydrogen (secondary N) is 1. The molecule has 0 aliphatic rings. The number of hydrogen-bond acceptors (Lipinski definition) is 3. The maximum absolute atomic E-state index is 13.2. The third kappa shape index (κ3) is 4.44. The van der Waals surface area contributed by atoms with E-state index in [1.165, 1.54) is 36.4 Å².